The Bertz CT molecular complexity index is 1190. The van der Waals surface area contributed by atoms with Crippen LogP contribution in [-0.2, 0) is 16.0 Å². The Morgan fingerprint density at radius 2 is 1.76 bits per heavy atom. The van der Waals surface area contributed by atoms with Gasteiger partial charge in [0.25, 0.3) is 0 Å². The van der Waals surface area contributed by atoms with E-state index in [9.17, 15) is 9.59 Å². The Hall–Kier alpha value is -3.51. The Kier molecular flexibility index (Phi) is 7.08. The van der Waals surface area contributed by atoms with Crippen LogP contribution in [-0.4, -0.2) is 39.0 Å². The summed E-state index contributed by atoms with van der Waals surface area (Å²) in [6.45, 7) is 3.00. The molecule has 0 fully saturated rings. The fourth-order valence-electron chi connectivity index (χ4n) is 4.27. The van der Waals surface area contributed by atoms with Crippen molar-refractivity contribution >= 4 is 40.5 Å². The monoisotopic (exact) mass is 476 g/mol. The maximum atomic E-state index is 12.7. The van der Waals surface area contributed by atoms with E-state index < -0.39 is 11.8 Å². The van der Waals surface area contributed by atoms with Crippen LogP contribution in [0.25, 0.3) is 0 Å². The Morgan fingerprint density at radius 3 is 2.50 bits per heavy atom. The molecular weight excluding hydrogens is 448 g/mol. The number of para-hydroxylation sites is 1. The summed E-state index contributed by atoms with van der Waals surface area (Å²) in [4.78, 5) is 29.6. The zero-order valence-corrected chi connectivity index (χ0v) is 20.4. The molecule has 0 saturated carbocycles. The van der Waals surface area contributed by atoms with Crippen LogP contribution in [0.5, 0.6) is 0 Å². The van der Waals surface area contributed by atoms with Crippen LogP contribution in [0.2, 0.25) is 5.02 Å². The molecule has 176 valence electrons. The summed E-state index contributed by atoms with van der Waals surface area (Å²) in [5.41, 5.74) is 5.99. The van der Waals surface area contributed by atoms with Gasteiger partial charge in [-0.05, 0) is 60.4 Å². The third-order valence-corrected chi connectivity index (χ3v) is 6.44. The normalized spacial score (nSPS) is 13.2. The fourth-order valence-corrected chi connectivity index (χ4v) is 4.44. The van der Waals surface area contributed by atoms with E-state index in [-0.39, 0.29) is 6.04 Å². The lowest BCUT2D eigenvalue weighted by Crippen LogP contribution is -2.41. The van der Waals surface area contributed by atoms with Gasteiger partial charge in [-0.1, -0.05) is 48.0 Å². The minimum absolute atomic E-state index is 0.107. The summed E-state index contributed by atoms with van der Waals surface area (Å²) in [7, 11) is 4.01. The number of nitrogens with one attached hydrogen (secondary N) is 2. The molecular formula is C27H29ClN4O2. The molecule has 3 aromatic rings. The van der Waals surface area contributed by atoms with Gasteiger partial charge in [-0.2, -0.15) is 0 Å². The van der Waals surface area contributed by atoms with Crippen LogP contribution in [0, 0.1) is 6.92 Å². The van der Waals surface area contributed by atoms with Crippen LogP contribution in [0.1, 0.15) is 22.7 Å². The van der Waals surface area contributed by atoms with Crippen LogP contribution in [0.15, 0.2) is 66.7 Å². The molecule has 0 aromatic heterocycles. The zero-order chi connectivity index (χ0) is 24.2. The SMILES string of the molecule is Cc1ccc(Cl)cc1NC(=O)C(=O)NCC(c1ccc(N(C)C)cc1)N1CCc2ccccc21. The highest BCUT2D eigenvalue weighted by atomic mass is 35.5. The van der Waals surface area contributed by atoms with E-state index in [1.165, 1.54) is 5.56 Å². The van der Waals surface area contributed by atoms with Crippen molar-refractivity contribution in [2.24, 2.45) is 0 Å². The van der Waals surface area contributed by atoms with E-state index >= 15 is 0 Å². The van der Waals surface area contributed by atoms with Crippen molar-refractivity contribution in [3.8, 4) is 0 Å². The molecule has 1 atom stereocenters. The predicted octanol–water partition coefficient (Wildman–Crippen LogP) is 4.57. The van der Waals surface area contributed by atoms with Crippen LogP contribution >= 0.6 is 11.6 Å². The number of rotatable bonds is 6. The van der Waals surface area contributed by atoms with Crippen LogP contribution < -0.4 is 20.4 Å². The number of halogens is 1. The van der Waals surface area contributed by atoms with E-state index in [0.717, 1.165) is 35.5 Å². The van der Waals surface area contributed by atoms with Gasteiger partial charge in [-0.3, -0.25) is 9.59 Å². The first-order chi connectivity index (χ1) is 16.3. The van der Waals surface area contributed by atoms with Crippen molar-refractivity contribution in [1.82, 2.24) is 5.32 Å². The first-order valence-corrected chi connectivity index (χ1v) is 11.7. The molecule has 6 nitrogen and oxygen atoms in total. The number of hydrogen-bond acceptors (Lipinski definition) is 4. The van der Waals surface area contributed by atoms with E-state index in [2.05, 4.69) is 51.9 Å². The van der Waals surface area contributed by atoms with Gasteiger partial charge >= 0.3 is 11.8 Å². The molecule has 1 unspecified atom stereocenters. The maximum Gasteiger partial charge on any atom is 0.313 e. The third kappa shape index (κ3) is 5.18. The van der Waals surface area contributed by atoms with Gasteiger partial charge in [0.15, 0.2) is 0 Å². The molecule has 0 aliphatic carbocycles. The summed E-state index contributed by atoms with van der Waals surface area (Å²) in [5.74, 6) is -1.39. The third-order valence-electron chi connectivity index (χ3n) is 6.20. The number of fused-ring (bicyclic) bond motifs is 1. The standard InChI is InChI=1S/C27H29ClN4O2/c1-18-8-11-21(28)16-23(18)30-27(34)26(33)29-17-25(20-9-12-22(13-10-20)31(2)3)32-15-14-19-6-4-5-7-24(19)32/h4-13,16,25H,14-15,17H2,1-3H3,(H,29,33)(H,30,34). The second-order valence-corrected chi connectivity index (χ2v) is 9.13. The number of amides is 2. The number of carbonyl (C=O) groups excluding carboxylic acids is 2. The zero-order valence-electron chi connectivity index (χ0n) is 19.6. The Balaban J connectivity index is 1.52. The van der Waals surface area contributed by atoms with Crippen molar-refractivity contribution in [3.63, 3.8) is 0 Å². The molecule has 7 heteroatoms. The predicted molar refractivity (Wildman–Crippen MR) is 139 cm³/mol. The molecule has 1 heterocycles. The highest BCUT2D eigenvalue weighted by Crippen LogP contribution is 2.35. The summed E-state index contributed by atoms with van der Waals surface area (Å²) < 4.78 is 0. The van der Waals surface area contributed by atoms with Gasteiger partial charge in [-0.25, -0.2) is 0 Å². The van der Waals surface area contributed by atoms with E-state index in [4.69, 9.17) is 11.6 Å². The van der Waals surface area contributed by atoms with Gasteiger partial charge < -0.3 is 20.4 Å². The molecule has 0 saturated heterocycles. The summed E-state index contributed by atoms with van der Waals surface area (Å²) >= 11 is 6.03. The minimum Gasteiger partial charge on any atom is -0.378 e. The number of anilines is 3. The highest BCUT2D eigenvalue weighted by molar-refractivity contribution is 6.40. The van der Waals surface area contributed by atoms with Crippen molar-refractivity contribution in [3.05, 3.63) is 88.4 Å². The second kappa shape index (κ2) is 10.2. The van der Waals surface area contributed by atoms with Crippen molar-refractivity contribution in [1.29, 1.82) is 0 Å². The van der Waals surface area contributed by atoms with Crippen LogP contribution in [0.3, 0.4) is 0 Å². The largest absolute Gasteiger partial charge is 0.378 e. The maximum absolute atomic E-state index is 12.7. The quantitative estimate of drug-likeness (QED) is 0.511. The molecule has 0 spiro atoms. The van der Waals surface area contributed by atoms with Crippen molar-refractivity contribution < 1.29 is 9.59 Å². The number of nitrogens with zero attached hydrogens (tertiary/aromatic N) is 2. The van der Waals surface area contributed by atoms with E-state index in [1.807, 2.05) is 38.1 Å². The molecule has 0 radical (unpaired) electrons. The highest BCUT2D eigenvalue weighted by Gasteiger charge is 2.28. The van der Waals surface area contributed by atoms with Gasteiger partial charge in [0.1, 0.15) is 0 Å². The molecule has 2 amide bonds. The molecule has 3 aromatic carbocycles. The van der Waals surface area contributed by atoms with E-state index in [0.29, 0.717) is 17.3 Å². The number of benzene rings is 3. The number of hydrogen-bond donors (Lipinski definition) is 2. The lowest BCUT2D eigenvalue weighted by molar-refractivity contribution is -0.136. The summed E-state index contributed by atoms with van der Waals surface area (Å²) in [6, 6.07) is 21.7. The Labute approximate surface area is 205 Å². The van der Waals surface area contributed by atoms with Crippen molar-refractivity contribution in [2.45, 2.75) is 19.4 Å². The van der Waals surface area contributed by atoms with Gasteiger partial charge in [0.2, 0.25) is 0 Å². The summed E-state index contributed by atoms with van der Waals surface area (Å²) in [6.07, 6.45) is 0.949. The average molecular weight is 477 g/mol. The van der Waals surface area contributed by atoms with Gasteiger partial charge in [0.05, 0.1) is 6.04 Å². The first-order valence-electron chi connectivity index (χ1n) is 11.3. The Morgan fingerprint density at radius 1 is 1.03 bits per heavy atom. The van der Waals surface area contributed by atoms with Gasteiger partial charge in [0, 0.05) is 49.3 Å². The fraction of sp³-hybridized carbons (Fsp3) is 0.259. The molecule has 4 rings (SSSR count). The van der Waals surface area contributed by atoms with Gasteiger partial charge in [-0.15, -0.1) is 0 Å². The van der Waals surface area contributed by atoms with Crippen LogP contribution in [0.4, 0.5) is 17.1 Å². The lowest BCUT2D eigenvalue weighted by Gasteiger charge is -2.31. The second-order valence-electron chi connectivity index (χ2n) is 8.70. The molecule has 1 aliphatic heterocycles. The summed E-state index contributed by atoms with van der Waals surface area (Å²) in [5, 5.41) is 6.00. The number of carbonyl (C=O) groups is 2. The topological polar surface area (TPSA) is 64.7 Å². The minimum atomic E-state index is -0.714. The van der Waals surface area contributed by atoms with Crippen molar-refractivity contribution in [2.75, 3.05) is 42.3 Å². The smallest absolute Gasteiger partial charge is 0.313 e. The lowest BCUT2D eigenvalue weighted by atomic mass is 10.0. The van der Waals surface area contributed by atoms with E-state index in [1.54, 1.807) is 18.2 Å². The molecule has 0 bridgehead atoms. The molecule has 34 heavy (non-hydrogen) atoms. The number of aryl methyl sites for hydroxylation is 1. The first kappa shape index (κ1) is 23.6. The molecule has 1 aliphatic rings. The molecule has 2 N–H and O–H groups in total. The average Bonchev–Trinajstić information content (AvgIpc) is 3.25.